The van der Waals surface area contributed by atoms with Gasteiger partial charge in [0.25, 0.3) is 11.8 Å². The number of halogens is 1. The van der Waals surface area contributed by atoms with Crippen molar-refractivity contribution in [3.8, 4) is 0 Å². The lowest BCUT2D eigenvalue weighted by Crippen LogP contribution is -2.30. The topological polar surface area (TPSA) is 85.9 Å². The number of benzene rings is 1. The maximum atomic E-state index is 12.2. The van der Waals surface area contributed by atoms with E-state index in [9.17, 15) is 9.59 Å². The minimum Gasteiger partial charge on any atom is -0.383 e. The van der Waals surface area contributed by atoms with E-state index in [1.165, 1.54) is 6.07 Å². The van der Waals surface area contributed by atoms with Crippen molar-refractivity contribution in [1.82, 2.24) is 5.32 Å². The summed E-state index contributed by atoms with van der Waals surface area (Å²) >= 11 is 6.16. The van der Waals surface area contributed by atoms with Gasteiger partial charge in [-0.15, -0.1) is 0 Å². The first-order valence-electron chi connectivity index (χ1n) is 8.62. The molecule has 0 aliphatic carbocycles. The van der Waals surface area contributed by atoms with Gasteiger partial charge >= 0.3 is 0 Å². The molecule has 26 heavy (non-hydrogen) atoms. The summed E-state index contributed by atoms with van der Waals surface area (Å²) in [6, 6.07) is 4.73. The average Bonchev–Trinajstić information content (AvgIpc) is 3.13. The van der Waals surface area contributed by atoms with Crippen LogP contribution >= 0.6 is 11.6 Å². The van der Waals surface area contributed by atoms with Crippen molar-refractivity contribution in [2.45, 2.75) is 32.0 Å². The molecule has 1 aromatic rings. The van der Waals surface area contributed by atoms with E-state index in [1.54, 1.807) is 26.2 Å². The van der Waals surface area contributed by atoms with Crippen molar-refractivity contribution in [2.75, 3.05) is 38.8 Å². The lowest BCUT2D eigenvalue weighted by atomic mass is 10.2. The molecule has 2 rings (SSSR count). The average molecular weight is 385 g/mol. The number of hydrogen-bond acceptors (Lipinski definition) is 5. The van der Waals surface area contributed by atoms with Gasteiger partial charge in [0.05, 0.1) is 29.9 Å². The van der Waals surface area contributed by atoms with E-state index in [-0.39, 0.29) is 22.9 Å². The smallest absolute Gasteiger partial charge is 0.253 e. The van der Waals surface area contributed by atoms with Crippen LogP contribution in [0, 0.1) is 0 Å². The van der Waals surface area contributed by atoms with Crippen molar-refractivity contribution in [2.24, 2.45) is 0 Å². The second-order valence-electron chi connectivity index (χ2n) is 6.04. The highest BCUT2D eigenvalue weighted by Gasteiger charge is 2.20. The van der Waals surface area contributed by atoms with Gasteiger partial charge in [0.2, 0.25) is 0 Å². The molecule has 1 aliphatic heterocycles. The van der Waals surface area contributed by atoms with Crippen LogP contribution in [0.15, 0.2) is 18.2 Å². The zero-order chi connectivity index (χ0) is 18.9. The molecule has 2 amide bonds. The number of nitrogens with one attached hydrogen (secondary N) is 2. The van der Waals surface area contributed by atoms with E-state index in [0.29, 0.717) is 31.0 Å². The molecule has 2 unspecified atom stereocenters. The Balaban J connectivity index is 1.85. The highest BCUT2D eigenvalue weighted by Crippen LogP contribution is 2.21. The summed E-state index contributed by atoms with van der Waals surface area (Å²) in [5.41, 5.74) is 0.837. The van der Waals surface area contributed by atoms with Crippen LogP contribution in [0.2, 0.25) is 5.02 Å². The summed E-state index contributed by atoms with van der Waals surface area (Å²) < 4.78 is 15.9. The van der Waals surface area contributed by atoms with E-state index in [0.717, 1.165) is 19.4 Å². The number of carbonyl (C=O) groups is 2. The Bertz CT molecular complexity index is 620. The standard InChI is InChI=1S/C18H25ClN2O5/c1-12(26-11-14-4-3-8-25-14)17(22)21-13-5-6-15(16(19)10-13)18(23)20-7-9-24-2/h5-6,10,12,14H,3-4,7-9,11H2,1-2H3,(H,20,23)(H,21,22). The van der Waals surface area contributed by atoms with Crippen LogP contribution in [0.1, 0.15) is 30.1 Å². The van der Waals surface area contributed by atoms with Crippen LogP contribution in [-0.2, 0) is 19.0 Å². The summed E-state index contributed by atoms with van der Waals surface area (Å²) in [7, 11) is 1.56. The number of ether oxygens (including phenoxy) is 3. The zero-order valence-corrected chi connectivity index (χ0v) is 15.8. The van der Waals surface area contributed by atoms with Crippen LogP contribution in [0.5, 0.6) is 0 Å². The molecule has 144 valence electrons. The van der Waals surface area contributed by atoms with Gasteiger partial charge in [-0.2, -0.15) is 0 Å². The monoisotopic (exact) mass is 384 g/mol. The molecule has 0 saturated carbocycles. The van der Waals surface area contributed by atoms with Gasteiger partial charge in [-0.1, -0.05) is 11.6 Å². The number of hydrogen-bond donors (Lipinski definition) is 2. The summed E-state index contributed by atoms with van der Waals surface area (Å²) in [6.07, 6.45) is 1.43. The maximum Gasteiger partial charge on any atom is 0.253 e. The van der Waals surface area contributed by atoms with Gasteiger partial charge in [0, 0.05) is 25.9 Å². The summed E-state index contributed by atoms with van der Waals surface area (Å²) in [4.78, 5) is 24.2. The first-order valence-corrected chi connectivity index (χ1v) is 8.99. The third-order valence-electron chi connectivity index (χ3n) is 4.00. The number of amides is 2. The summed E-state index contributed by atoms with van der Waals surface area (Å²) in [6.45, 7) is 3.64. The van der Waals surface area contributed by atoms with Crippen molar-refractivity contribution < 1.29 is 23.8 Å². The lowest BCUT2D eigenvalue weighted by molar-refractivity contribution is -0.128. The van der Waals surface area contributed by atoms with Gasteiger partial charge in [0.15, 0.2) is 0 Å². The molecule has 1 fully saturated rings. The minimum atomic E-state index is -0.616. The van der Waals surface area contributed by atoms with Gasteiger partial charge < -0.3 is 24.8 Å². The van der Waals surface area contributed by atoms with Gasteiger partial charge in [-0.05, 0) is 38.0 Å². The van der Waals surface area contributed by atoms with Crippen LogP contribution in [0.3, 0.4) is 0 Å². The number of carbonyl (C=O) groups excluding carboxylic acids is 2. The molecular formula is C18H25ClN2O5. The Morgan fingerprint density at radius 3 is 2.88 bits per heavy atom. The van der Waals surface area contributed by atoms with E-state index in [1.807, 2.05) is 0 Å². The molecule has 0 spiro atoms. The highest BCUT2D eigenvalue weighted by atomic mass is 35.5. The van der Waals surface area contributed by atoms with Gasteiger partial charge in [0.1, 0.15) is 6.10 Å². The van der Waals surface area contributed by atoms with Crippen molar-refractivity contribution in [1.29, 1.82) is 0 Å². The number of rotatable bonds is 9. The molecule has 8 heteroatoms. The molecule has 0 aromatic heterocycles. The third kappa shape index (κ3) is 6.25. The SMILES string of the molecule is COCCNC(=O)c1ccc(NC(=O)C(C)OCC2CCCO2)cc1Cl. The van der Waals surface area contributed by atoms with E-state index in [4.69, 9.17) is 25.8 Å². The molecule has 0 radical (unpaired) electrons. The van der Waals surface area contributed by atoms with Crippen LogP contribution in [0.25, 0.3) is 0 Å². The van der Waals surface area contributed by atoms with Gasteiger partial charge in [-0.25, -0.2) is 0 Å². The minimum absolute atomic E-state index is 0.0654. The fourth-order valence-corrected chi connectivity index (χ4v) is 2.75. The molecule has 1 aromatic carbocycles. The van der Waals surface area contributed by atoms with E-state index >= 15 is 0 Å². The highest BCUT2D eigenvalue weighted by molar-refractivity contribution is 6.34. The fraction of sp³-hybridized carbons (Fsp3) is 0.556. The molecular weight excluding hydrogens is 360 g/mol. The second-order valence-corrected chi connectivity index (χ2v) is 6.45. The Morgan fingerprint density at radius 1 is 1.42 bits per heavy atom. The molecule has 1 saturated heterocycles. The van der Waals surface area contributed by atoms with Crippen LogP contribution in [-0.4, -0.2) is 57.5 Å². The first-order chi connectivity index (χ1) is 12.5. The van der Waals surface area contributed by atoms with Crippen molar-refractivity contribution >= 4 is 29.1 Å². The Hall–Kier alpha value is -1.67. The predicted molar refractivity (Wildman–Crippen MR) is 98.7 cm³/mol. The Morgan fingerprint density at radius 2 is 2.23 bits per heavy atom. The maximum absolute atomic E-state index is 12.2. The fourth-order valence-electron chi connectivity index (χ4n) is 2.49. The van der Waals surface area contributed by atoms with E-state index < -0.39 is 6.10 Å². The first kappa shape index (κ1) is 20.6. The zero-order valence-electron chi connectivity index (χ0n) is 15.0. The van der Waals surface area contributed by atoms with Gasteiger partial charge in [-0.3, -0.25) is 9.59 Å². The molecule has 2 atom stereocenters. The van der Waals surface area contributed by atoms with E-state index in [2.05, 4.69) is 10.6 Å². The quantitative estimate of drug-likeness (QED) is 0.638. The molecule has 2 N–H and O–H groups in total. The number of anilines is 1. The summed E-state index contributed by atoms with van der Waals surface area (Å²) in [5.74, 6) is -0.574. The lowest BCUT2D eigenvalue weighted by Gasteiger charge is -2.16. The van der Waals surface area contributed by atoms with Crippen LogP contribution < -0.4 is 10.6 Å². The Kier molecular flexibility index (Phi) is 8.31. The summed E-state index contributed by atoms with van der Waals surface area (Å²) in [5, 5.41) is 5.69. The normalized spacial score (nSPS) is 17.7. The molecule has 1 aliphatic rings. The molecule has 7 nitrogen and oxygen atoms in total. The van der Waals surface area contributed by atoms with Crippen LogP contribution in [0.4, 0.5) is 5.69 Å². The molecule has 0 bridgehead atoms. The predicted octanol–water partition coefficient (Wildman–Crippen LogP) is 2.24. The Labute approximate surface area is 158 Å². The molecule has 1 heterocycles. The third-order valence-corrected chi connectivity index (χ3v) is 4.31. The van der Waals surface area contributed by atoms with Crippen molar-refractivity contribution in [3.63, 3.8) is 0 Å². The van der Waals surface area contributed by atoms with Crippen molar-refractivity contribution in [3.05, 3.63) is 28.8 Å². The second kappa shape index (κ2) is 10.5. The number of methoxy groups -OCH3 is 1. The largest absolute Gasteiger partial charge is 0.383 e.